The molecule has 0 aliphatic carbocycles. The molecule has 0 aliphatic rings. The Morgan fingerprint density at radius 2 is 1.83 bits per heavy atom. The van der Waals surface area contributed by atoms with Crippen LogP contribution in [-0.4, -0.2) is 17.2 Å². The third-order valence-corrected chi connectivity index (χ3v) is 4.00. The molecule has 0 fully saturated rings. The van der Waals surface area contributed by atoms with Gasteiger partial charge in [-0.3, -0.25) is 4.79 Å². The molecule has 0 saturated carbocycles. The molecule has 0 heterocycles. The van der Waals surface area contributed by atoms with Crippen LogP contribution in [0.5, 0.6) is 5.75 Å². The average molecular weight is 369 g/mol. The Hall–Kier alpha value is -2.66. The van der Waals surface area contributed by atoms with Crippen LogP contribution in [0.3, 0.4) is 0 Å². The highest BCUT2D eigenvalue weighted by Gasteiger charge is 2.05. The largest absolute Gasteiger partial charge is 0.507 e. The number of hydrogen-bond donors (Lipinski definition) is 2. The van der Waals surface area contributed by atoms with Gasteiger partial charge < -0.3 is 5.11 Å². The summed E-state index contributed by atoms with van der Waals surface area (Å²) in [5.74, 6) is -0.118. The number of rotatable bonds is 3. The normalized spacial score (nSPS) is 11.0. The molecule has 0 aromatic heterocycles. The van der Waals surface area contributed by atoms with Gasteiger partial charge in [-0.2, -0.15) is 5.10 Å². The van der Waals surface area contributed by atoms with E-state index in [-0.39, 0.29) is 11.7 Å². The summed E-state index contributed by atoms with van der Waals surface area (Å²) in [6.45, 7) is 0. The second-order valence-electron chi connectivity index (χ2n) is 4.97. The maximum Gasteiger partial charge on any atom is 0.271 e. The molecule has 3 rings (SSSR count). The Balaban J connectivity index is 1.72. The van der Waals surface area contributed by atoms with Crippen LogP contribution in [0, 0.1) is 0 Å². The van der Waals surface area contributed by atoms with Gasteiger partial charge in [-0.25, -0.2) is 5.43 Å². The van der Waals surface area contributed by atoms with Crippen molar-refractivity contribution in [3.05, 3.63) is 76.3 Å². The molecule has 0 unspecified atom stereocenters. The van der Waals surface area contributed by atoms with Gasteiger partial charge in [0.1, 0.15) is 5.75 Å². The van der Waals surface area contributed by atoms with Crippen molar-refractivity contribution in [2.75, 3.05) is 0 Å². The van der Waals surface area contributed by atoms with Gasteiger partial charge in [-0.15, -0.1) is 0 Å². The van der Waals surface area contributed by atoms with Gasteiger partial charge in [0, 0.05) is 5.56 Å². The molecule has 2 N–H and O–H groups in total. The molecule has 0 radical (unpaired) electrons. The number of phenolic OH excluding ortho intramolecular Hbond substituents is 1. The monoisotopic (exact) mass is 368 g/mol. The number of hydrazone groups is 1. The first-order chi connectivity index (χ1) is 11.1. The molecule has 5 heteroatoms. The maximum atomic E-state index is 12.1. The lowest BCUT2D eigenvalue weighted by atomic mass is 10.1. The van der Waals surface area contributed by atoms with Gasteiger partial charge in [0.05, 0.1) is 10.7 Å². The predicted octanol–water partition coefficient (Wildman–Crippen LogP) is 4.07. The minimum Gasteiger partial charge on any atom is -0.507 e. The van der Waals surface area contributed by atoms with E-state index in [0.29, 0.717) is 10.0 Å². The van der Waals surface area contributed by atoms with Crippen molar-refractivity contribution in [2.24, 2.45) is 5.10 Å². The molecule has 0 aliphatic heterocycles. The number of aromatic hydroxyl groups is 1. The number of hydrogen-bond acceptors (Lipinski definition) is 3. The van der Waals surface area contributed by atoms with Crippen LogP contribution >= 0.6 is 15.9 Å². The molecule has 0 spiro atoms. The van der Waals surface area contributed by atoms with Crippen molar-refractivity contribution in [3.63, 3.8) is 0 Å². The lowest BCUT2D eigenvalue weighted by Crippen LogP contribution is -2.17. The molecule has 0 atom stereocenters. The van der Waals surface area contributed by atoms with Crippen LogP contribution in [-0.2, 0) is 0 Å². The minimum atomic E-state index is -0.273. The topological polar surface area (TPSA) is 61.7 Å². The number of fused-ring (bicyclic) bond motifs is 1. The Bertz CT molecular complexity index is 906. The summed E-state index contributed by atoms with van der Waals surface area (Å²) < 4.78 is 0.572. The second kappa shape index (κ2) is 6.62. The first-order valence-corrected chi connectivity index (χ1v) is 7.73. The molecule has 114 valence electrons. The van der Waals surface area contributed by atoms with Crippen LogP contribution in [0.1, 0.15) is 15.9 Å². The van der Waals surface area contributed by atoms with E-state index in [1.54, 1.807) is 24.3 Å². The van der Waals surface area contributed by atoms with Crippen molar-refractivity contribution in [2.45, 2.75) is 0 Å². The molecule has 0 saturated heterocycles. The van der Waals surface area contributed by atoms with E-state index in [1.807, 2.05) is 36.4 Å². The third-order valence-electron chi connectivity index (χ3n) is 3.36. The Kier molecular flexibility index (Phi) is 4.39. The average Bonchev–Trinajstić information content (AvgIpc) is 2.57. The first kappa shape index (κ1) is 15.2. The molecule has 3 aromatic carbocycles. The van der Waals surface area contributed by atoms with Gasteiger partial charge in [-0.1, -0.05) is 30.3 Å². The third kappa shape index (κ3) is 3.57. The summed E-state index contributed by atoms with van der Waals surface area (Å²) >= 11 is 3.23. The van der Waals surface area contributed by atoms with Gasteiger partial charge in [0.25, 0.3) is 5.91 Å². The second-order valence-corrected chi connectivity index (χ2v) is 5.83. The van der Waals surface area contributed by atoms with E-state index < -0.39 is 0 Å². The first-order valence-electron chi connectivity index (χ1n) is 6.94. The minimum absolute atomic E-state index is 0.155. The van der Waals surface area contributed by atoms with E-state index in [1.165, 1.54) is 6.21 Å². The van der Waals surface area contributed by atoms with Crippen molar-refractivity contribution in [1.82, 2.24) is 5.43 Å². The zero-order chi connectivity index (χ0) is 16.2. The van der Waals surface area contributed by atoms with Gasteiger partial charge in [-0.05, 0) is 62.6 Å². The number of halogens is 1. The summed E-state index contributed by atoms with van der Waals surface area (Å²) in [5.41, 5.74) is 3.81. The zero-order valence-corrected chi connectivity index (χ0v) is 13.6. The van der Waals surface area contributed by atoms with Gasteiger partial charge >= 0.3 is 0 Å². The standard InChI is InChI=1S/C18H13BrN2O2/c19-16-9-12(5-8-17(16)22)11-20-21-18(23)15-7-6-13-3-1-2-4-14(13)10-15/h1-11,22H,(H,21,23)/b20-11-. The van der Waals surface area contributed by atoms with E-state index in [9.17, 15) is 9.90 Å². The number of carbonyl (C=O) groups excluding carboxylic acids is 1. The van der Waals surface area contributed by atoms with Crippen LogP contribution in [0.15, 0.2) is 70.2 Å². The molecule has 23 heavy (non-hydrogen) atoms. The van der Waals surface area contributed by atoms with Crippen molar-refractivity contribution >= 4 is 38.8 Å². The molecular formula is C18H13BrN2O2. The van der Waals surface area contributed by atoms with Crippen LogP contribution in [0.4, 0.5) is 0 Å². The van der Waals surface area contributed by atoms with Gasteiger partial charge in [0.15, 0.2) is 0 Å². The van der Waals surface area contributed by atoms with E-state index >= 15 is 0 Å². The Morgan fingerprint density at radius 3 is 2.61 bits per heavy atom. The summed E-state index contributed by atoms with van der Waals surface area (Å²) in [5, 5.41) is 15.5. The summed E-state index contributed by atoms with van der Waals surface area (Å²) in [7, 11) is 0. The highest BCUT2D eigenvalue weighted by atomic mass is 79.9. The molecular weight excluding hydrogens is 356 g/mol. The van der Waals surface area contributed by atoms with Crippen molar-refractivity contribution in [1.29, 1.82) is 0 Å². The van der Waals surface area contributed by atoms with Crippen molar-refractivity contribution in [3.8, 4) is 5.75 Å². The Labute approximate surface area is 141 Å². The quantitative estimate of drug-likeness (QED) is 0.540. The lowest BCUT2D eigenvalue weighted by Gasteiger charge is -2.02. The van der Waals surface area contributed by atoms with Crippen LogP contribution < -0.4 is 5.43 Å². The zero-order valence-electron chi connectivity index (χ0n) is 12.0. The number of benzene rings is 3. The fourth-order valence-corrected chi connectivity index (χ4v) is 2.56. The van der Waals surface area contributed by atoms with Gasteiger partial charge in [0.2, 0.25) is 0 Å². The molecule has 1 amide bonds. The SMILES string of the molecule is O=C(N/N=C\c1ccc(O)c(Br)c1)c1ccc2ccccc2c1. The van der Waals surface area contributed by atoms with E-state index in [2.05, 4.69) is 26.5 Å². The number of phenols is 1. The predicted molar refractivity (Wildman–Crippen MR) is 94.8 cm³/mol. The highest BCUT2D eigenvalue weighted by Crippen LogP contribution is 2.23. The fraction of sp³-hybridized carbons (Fsp3) is 0. The summed E-state index contributed by atoms with van der Waals surface area (Å²) in [6.07, 6.45) is 1.52. The van der Waals surface area contributed by atoms with E-state index in [4.69, 9.17) is 0 Å². The number of amides is 1. The summed E-state index contributed by atoms with van der Waals surface area (Å²) in [4.78, 5) is 12.1. The highest BCUT2D eigenvalue weighted by molar-refractivity contribution is 9.10. The van der Waals surface area contributed by atoms with Crippen LogP contribution in [0.2, 0.25) is 0 Å². The smallest absolute Gasteiger partial charge is 0.271 e. The summed E-state index contributed by atoms with van der Waals surface area (Å²) in [6, 6.07) is 18.3. The molecule has 3 aromatic rings. The number of nitrogens with zero attached hydrogens (tertiary/aromatic N) is 1. The molecule has 4 nitrogen and oxygen atoms in total. The number of nitrogens with one attached hydrogen (secondary N) is 1. The van der Waals surface area contributed by atoms with Crippen LogP contribution in [0.25, 0.3) is 10.8 Å². The van der Waals surface area contributed by atoms with Crippen molar-refractivity contribution < 1.29 is 9.90 Å². The molecule has 0 bridgehead atoms. The lowest BCUT2D eigenvalue weighted by molar-refractivity contribution is 0.0955. The maximum absolute atomic E-state index is 12.1. The number of carbonyl (C=O) groups is 1. The Morgan fingerprint density at radius 1 is 1.04 bits per heavy atom. The van der Waals surface area contributed by atoms with E-state index in [0.717, 1.165) is 16.3 Å². The fourth-order valence-electron chi connectivity index (χ4n) is 2.16.